The maximum atomic E-state index is 11.0. The van der Waals surface area contributed by atoms with Crippen LogP contribution in [0.5, 0.6) is 0 Å². The molecule has 0 saturated heterocycles. The molecule has 1 fully saturated rings. The van der Waals surface area contributed by atoms with Crippen molar-refractivity contribution in [3.05, 3.63) is 0 Å². The third-order valence-corrected chi connectivity index (χ3v) is 3.74. The van der Waals surface area contributed by atoms with Crippen molar-refractivity contribution in [2.45, 2.75) is 38.5 Å². The van der Waals surface area contributed by atoms with Crippen LogP contribution in [0, 0.1) is 11.8 Å². The molecule has 0 bridgehead atoms. The quantitative estimate of drug-likeness (QED) is 0.581. The van der Waals surface area contributed by atoms with E-state index in [1.165, 1.54) is 25.7 Å². The molecule has 0 spiro atoms. The number of hydrogen-bond donors (Lipinski definition) is 3. The second-order valence-corrected chi connectivity index (χ2v) is 4.97. The Morgan fingerprint density at radius 2 is 2.00 bits per heavy atom. The second kappa shape index (κ2) is 8.48. The predicted molar refractivity (Wildman–Crippen MR) is 68.7 cm³/mol. The number of rotatable bonds is 7. The van der Waals surface area contributed by atoms with E-state index in [2.05, 4.69) is 10.6 Å². The van der Waals surface area contributed by atoms with Gasteiger partial charge in [-0.15, -0.1) is 0 Å². The highest BCUT2D eigenvalue weighted by Gasteiger charge is 2.23. The highest BCUT2D eigenvalue weighted by atomic mass is 16.3. The van der Waals surface area contributed by atoms with E-state index in [1.807, 2.05) is 0 Å². The van der Waals surface area contributed by atoms with Crippen LogP contribution in [0.4, 0.5) is 0 Å². The number of nitrogens with one attached hydrogen (secondary N) is 2. The highest BCUT2D eigenvalue weighted by molar-refractivity contribution is 5.75. The van der Waals surface area contributed by atoms with Crippen LogP contribution in [0.1, 0.15) is 38.5 Å². The molecule has 3 N–H and O–H groups in total. The van der Waals surface area contributed by atoms with Crippen LogP contribution in [0.2, 0.25) is 0 Å². The van der Waals surface area contributed by atoms with Gasteiger partial charge in [-0.1, -0.05) is 12.8 Å². The third kappa shape index (κ3) is 5.50. The number of carbonyl (C=O) groups is 1. The van der Waals surface area contributed by atoms with Crippen molar-refractivity contribution >= 4 is 5.91 Å². The average molecular weight is 242 g/mol. The summed E-state index contributed by atoms with van der Waals surface area (Å²) in [6.45, 7) is 2.20. The monoisotopic (exact) mass is 242 g/mol. The van der Waals surface area contributed by atoms with Crippen molar-refractivity contribution in [1.29, 1.82) is 0 Å². The lowest BCUT2D eigenvalue weighted by Gasteiger charge is -2.30. The molecule has 1 aliphatic rings. The van der Waals surface area contributed by atoms with Crippen molar-refractivity contribution in [2.75, 3.05) is 26.7 Å². The van der Waals surface area contributed by atoms with Crippen LogP contribution in [0.25, 0.3) is 0 Å². The van der Waals surface area contributed by atoms with Gasteiger partial charge in [0.15, 0.2) is 0 Å². The van der Waals surface area contributed by atoms with Gasteiger partial charge in [-0.25, -0.2) is 0 Å². The fraction of sp³-hybridized carbons (Fsp3) is 0.923. The molecule has 0 aliphatic heterocycles. The van der Waals surface area contributed by atoms with Gasteiger partial charge in [0.25, 0.3) is 0 Å². The molecule has 0 aromatic carbocycles. The first-order valence-electron chi connectivity index (χ1n) is 6.80. The zero-order chi connectivity index (χ0) is 12.5. The lowest BCUT2D eigenvalue weighted by atomic mass is 9.79. The summed E-state index contributed by atoms with van der Waals surface area (Å²) in [7, 11) is 1.67. The Kier molecular flexibility index (Phi) is 7.21. The Hall–Kier alpha value is -0.610. The Morgan fingerprint density at radius 1 is 1.29 bits per heavy atom. The third-order valence-electron chi connectivity index (χ3n) is 3.74. The van der Waals surface area contributed by atoms with Crippen molar-refractivity contribution < 1.29 is 9.90 Å². The number of aliphatic hydroxyl groups is 1. The zero-order valence-electron chi connectivity index (χ0n) is 10.9. The second-order valence-electron chi connectivity index (χ2n) is 4.97. The van der Waals surface area contributed by atoms with E-state index < -0.39 is 0 Å². The molecule has 17 heavy (non-hydrogen) atoms. The number of carbonyl (C=O) groups excluding carboxylic acids is 1. The van der Waals surface area contributed by atoms with Crippen molar-refractivity contribution in [3.8, 4) is 0 Å². The van der Waals surface area contributed by atoms with E-state index in [1.54, 1.807) is 7.05 Å². The van der Waals surface area contributed by atoms with Crippen LogP contribution in [0.3, 0.4) is 0 Å². The van der Waals surface area contributed by atoms with Gasteiger partial charge < -0.3 is 15.7 Å². The molecule has 0 aromatic heterocycles. The summed E-state index contributed by atoms with van der Waals surface area (Å²) >= 11 is 0. The fourth-order valence-electron chi connectivity index (χ4n) is 2.58. The van der Waals surface area contributed by atoms with E-state index in [0.717, 1.165) is 19.5 Å². The van der Waals surface area contributed by atoms with Gasteiger partial charge in [0.2, 0.25) is 5.91 Å². The minimum absolute atomic E-state index is 0.109. The Labute approximate surface area is 104 Å². The summed E-state index contributed by atoms with van der Waals surface area (Å²) in [5.41, 5.74) is 0. The van der Waals surface area contributed by atoms with Crippen LogP contribution >= 0.6 is 0 Å². The normalized spacial score (nSPS) is 24.6. The Morgan fingerprint density at radius 3 is 2.65 bits per heavy atom. The first kappa shape index (κ1) is 14.5. The molecular formula is C13H26N2O2. The van der Waals surface area contributed by atoms with Crippen LogP contribution in [-0.2, 0) is 4.79 Å². The molecule has 2 atom stereocenters. The molecule has 4 nitrogen and oxygen atoms in total. The fourth-order valence-corrected chi connectivity index (χ4v) is 2.58. The van der Waals surface area contributed by atoms with E-state index in [9.17, 15) is 9.90 Å². The summed E-state index contributed by atoms with van der Waals surface area (Å²) in [6, 6.07) is 0. The van der Waals surface area contributed by atoms with Crippen LogP contribution in [0.15, 0.2) is 0 Å². The summed E-state index contributed by atoms with van der Waals surface area (Å²) < 4.78 is 0. The molecule has 1 saturated carbocycles. The van der Waals surface area contributed by atoms with E-state index in [0.29, 0.717) is 24.9 Å². The van der Waals surface area contributed by atoms with Crippen molar-refractivity contribution in [1.82, 2.24) is 10.6 Å². The summed E-state index contributed by atoms with van der Waals surface area (Å²) in [4.78, 5) is 11.0. The molecule has 1 aliphatic carbocycles. The zero-order valence-corrected chi connectivity index (χ0v) is 10.9. The molecule has 100 valence electrons. The molecule has 0 aromatic rings. The molecule has 1 amide bonds. The summed E-state index contributed by atoms with van der Waals surface area (Å²) in [5, 5.41) is 15.3. The standard InChI is InChI=1S/C13H26N2O2/c1-14-13(17)7-4-8-15-9-11-5-2-3-6-12(11)10-16/h11-12,15-16H,2-10H2,1H3,(H,14,17). The predicted octanol–water partition coefficient (Wildman–Crippen LogP) is 0.901. The lowest BCUT2D eigenvalue weighted by Crippen LogP contribution is -2.33. The maximum Gasteiger partial charge on any atom is 0.219 e. The van der Waals surface area contributed by atoms with Gasteiger partial charge >= 0.3 is 0 Å². The highest BCUT2D eigenvalue weighted by Crippen LogP contribution is 2.28. The smallest absolute Gasteiger partial charge is 0.219 e. The van der Waals surface area contributed by atoms with Crippen LogP contribution < -0.4 is 10.6 Å². The Balaban J connectivity index is 2.06. The SMILES string of the molecule is CNC(=O)CCCNCC1CCCCC1CO. The van der Waals surface area contributed by atoms with E-state index in [4.69, 9.17) is 0 Å². The van der Waals surface area contributed by atoms with E-state index in [-0.39, 0.29) is 5.91 Å². The lowest BCUT2D eigenvalue weighted by molar-refractivity contribution is -0.120. The number of hydrogen-bond acceptors (Lipinski definition) is 3. The minimum Gasteiger partial charge on any atom is -0.396 e. The minimum atomic E-state index is 0.109. The van der Waals surface area contributed by atoms with Gasteiger partial charge in [-0.05, 0) is 44.2 Å². The largest absolute Gasteiger partial charge is 0.396 e. The number of aliphatic hydroxyl groups excluding tert-OH is 1. The van der Waals surface area contributed by atoms with E-state index >= 15 is 0 Å². The molecule has 0 radical (unpaired) electrons. The summed E-state index contributed by atoms with van der Waals surface area (Å²) in [6.07, 6.45) is 6.43. The van der Waals surface area contributed by atoms with Gasteiger partial charge in [0.05, 0.1) is 0 Å². The molecule has 0 heterocycles. The van der Waals surface area contributed by atoms with Gasteiger partial charge in [-0.2, -0.15) is 0 Å². The van der Waals surface area contributed by atoms with Gasteiger partial charge in [0.1, 0.15) is 0 Å². The summed E-state index contributed by atoms with van der Waals surface area (Å²) in [5.74, 6) is 1.21. The van der Waals surface area contributed by atoms with Gasteiger partial charge in [0, 0.05) is 20.1 Å². The topological polar surface area (TPSA) is 61.4 Å². The first-order valence-corrected chi connectivity index (χ1v) is 6.80. The van der Waals surface area contributed by atoms with Crippen LogP contribution in [-0.4, -0.2) is 37.8 Å². The Bertz CT molecular complexity index is 221. The molecule has 1 rings (SSSR count). The maximum absolute atomic E-state index is 11.0. The average Bonchev–Trinajstić information content (AvgIpc) is 2.38. The van der Waals surface area contributed by atoms with Crippen molar-refractivity contribution in [2.24, 2.45) is 11.8 Å². The molecular weight excluding hydrogens is 216 g/mol. The molecule has 4 heteroatoms. The van der Waals surface area contributed by atoms with Gasteiger partial charge in [-0.3, -0.25) is 4.79 Å². The molecule has 2 unspecified atom stereocenters. The first-order chi connectivity index (χ1) is 8.27. The number of amides is 1. The van der Waals surface area contributed by atoms with Crippen molar-refractivity contribution in [3.63, 3.8) is 0 Å².